The first-order valence-electron chi connectivity index (χ1n) is 9.01. The summed E-state index contributed by atoms with van der Waals surface area (Å²) in [5, 5.41) is 0. The average molecular weight is 267 g/mol. The normalized spacial score (nSPS) is 35.1. The van der Waals surface area contributed by atoms with Gasteiger partial charge in [0.05, 0.1) is 0 Å². The third-order valence-electron chi connectivity index (χ3n) is 6.15. The topological polar surface area (TPSA) is 0 Å². The Morgan fingerprint density at radius 2 is 1.68 bits per heavy atom. The predicted molar refractivity (Wildman–Crippen MR) is 87.3 cm³/mol. The summed E-state index contributed by atoms with van der Waals surface area (Å²) >= 11 is 0. The van der Waals surface area contributed by atoms with Gasteiger partial charge >= 0.3 is 0 Å². The highest BCUT2D eigenvalue weighted by Crippen LogP contribution is 2.45. The molecule has 0 spiro atoms. The Bertz CT molecular complexity index is 232. The highest BCUT2D eigenvalue weighted by Gasteiger charge is 2.36. The first-order chi connectivity index (χ1) is 9.01. The molecule has 1 aliphatic carbocycles. The van der Waals surface area contributed by atoms with Crippen LogP contribution in [0.3, 0.4) is 0 Å². The lowest BCUT2D eigenvalue weighted by Gasteiger charge is -2.44. The molecule has 0 aliphatic heterocycles. The van der Waals surface area contributed by atoms with Crippen LogP contribution in [0.25, 0.3) is 0 Å². The van der Waals surface area contributed by atoms with Crippen LogP contribution in [0.4, 0.5) is 0 Å². The van der Waals surface area contributed by atoms with E-state index in [-0.39, 0.29) is 0 Å². The number of hydrogen-bond acceptors (Lipinski definition) is 0. The van der Waals surface area contributed by atoms with E-state index in [0.717, 1.165) is 35.5 Å². The molecule has 1 saturated carbocycles. The zero-order valence-electron chi connectivity index (χ0n) is 14.4. The molecule has 19 heavy (non-hydrogen) atoms. The fraction of sp³-hybridized carbons (Fsp3) is 1.00. The van der Waals surface area contributed by atoms with Gasteiger partial charge in [0.1, 0.15) is 0 Å². The van der Waals surface area contributed by atoms with Gasteiger partial charge in [0, 0.05) is 0 Å². The summed E-state index contributed by atoms with van der Waals surface area (Å²) in [4.78, 5) is 0. The van der Waals surface area contributed by atoms with Crippen LogP contribution in [-0.2, 0) is 0 Å². The molecule has 0 heterocycles. The summed E-state index contributed by atoms with van der Waals surface area (Å²) in [6, 6.07) is 0. The van der Waals surface area contributed by atoms with Crippen molar-refractivity contribution in [2.45, 2.75) is 86.5 Å². The van der Waals surface area contributed by atoms with Gasteiger partial charge in [-0.1, -0.05) is 73.6 Å². The van der Waals surface area contributed by atoms with Crippen LogP contribution in [0.2, 0.25) is 0 Å². The average Bonchev–Trinajstić information content (AvgIpc) is 2.39. The van der Waals surface area contributed by atoms with Crippen LogP contribution in [0.15, 0.2) is 0 Å². The molecule has 114 valence electrons. The lowest BCUT2D eigenvalue weighted by molar-refractivity contribution is 0.0565. The molecule has 0 aromatic carbocycles. The fourth-order valence-corrected chi connectivity index (χ4v) is 4.47. The summed E-state index contributed by atoms with van der Waals surface area (Å²) in [6.45, 7) is 14.7. The van der Waals surface area contributed by atoms with Crippen molar-refractivity contribution in [2.75, 3.05) is 0 Å². The van der Waals surface area contributed by atoms with Gasteiger partial charge in [-0.3, -0.25) is 0 Å². The number of rotatable bonds is 7. The Labute approximate surface area is 122 Å². The fourth-order valence-electron chi connectivity index (χ4n) is 4.47. The molecule has 0 amide bonds. The minimum Gasteiger partial charge on any atom is -0.0654 e. The molecule has 1 rings (SSSR count). The molecule has 0 N–H and O–H groups in total. The zero-order chi connectivity index (χ0) is 14.4. The molecule has 1 fully saturated rings. The van der Waals surface area contributed by atoms with E-state index >= 15 is 0 Å². The zero-order valence-corrected chi connectivity index (χ0v) is 14.4. The molecule has 6 unspecified atom stereocenters. The molecule has 0 heteroatoms. The monoisotopic (exact) mass is 266 g/mol. The predicted octanol–water partition coefficient (Wildman–Crippen LogP) is 6.55. The number of hydrogen-bond donors (Lipinski definition) is 0. The minimum absolute atomic E-state index is 0.921. The molecule has 0 aromatic rings. The van der Waals surface area contributed by atoms with Gasteiger partial charge in [0.15, 0.2) is 0 Å². The Balaban J connectivity index is 2.57. The van der Waals surface area contributed by atoms with E-state index < -0.39 is 0 Å². The maximum Gasteiger partial charge on any atom is -0.0332 e. The van der Waals surface area contributed by atoms with E-state index in [9.17, 15) is 0 Å². The van der Waals surface area contributed by atoms with Crippen molar-refractivity contribution in [2.24, 2.45) is 35.5 Å². The molecule has 1 aliphatic rings. The van der Waals surface area contributed by atoms with Crippen molar-refractivity contribution in [1.82, 2.24) is 0 Å². The molecule has 0 aromatic heterocycles. The van der Waals surface area contributed by atoms with Gasteiger partial charge < -0.3 is 0 Å². The van der Waals surface area contributed by atoms with E-state index in [1.807, 2.05) is 0 Å². The summed E-state index contributed by atoms with van der Waals surface area (Å²) in [5.74, 6) is 5.75. The van der Waals surface area contributed by atoms with E-state index in [2.05, 4.69) is 41.5 Å². The van der Waals surface area contributed by atoms with E-state index in [1.165, 1.54) is 44.9 Å². The molecule has 6 atom stereocenters. The largest absolute Gasteiger partial charge is 0.0654 e. The summed E-state index contributed by atoms with van der Waals surface area (Å²) in [6.07, 6.45) is 10.1. The maximum absolute atomic E-state index is 2.53. The van der Waals surface area contributed by atoms with Crippen LogP contribution in [0, 0.1) is 35.5 Å². The highest BCUT2D eigenvalue weighted by molar-refractivity contribution is 4.86. The molecule has 0 radical (unpaired) electrons. The van der Waals surface area contributed by atoms with Crippen molar-refractivity contribution in [3.63, 3.8) is 0 Å². The van der Waals surface area contributed by atoms with Gasteiger partial charge in [-0.2, -0.15) is 0 Å². The smallest absolute Gasteiger partial charge is 0.0332 e. The lowest BCUT2D eigenvalue weighted by atomic mass is 9.62. The first kappa shape index (κ1) is 17.1. The lowest BCUT2D eigenvalue weighted by Crippen LogP contribution is -2.36. The Morgan fingerprint density at radius 3 is 2.26 bits per heavy atom. The summed E-state index contributed by atoms with van der Waals surface area (Å²) in [5.41, 5.74) is 0. The molecule has 0 nitrogen and oxygen atoms in total. The van der Waals surface area contributed by atoms with Gasteiger partial charge in [-0.15, -0.1) is 0 Å². The quantitative estimate of drug-likeness (QED) is 0.490. The second kappa shape index (κ2) is 8.32. The van der Waals surface area contributed by atoms with E-state index in [0.29, 0.717) is 0 Å². The van der Waals surface area contributed by atoms with Crippen LogP contribution in [-0.4, -0.2) is 0 Å². The summed E-state index contributed by atoms with van der Waals surface area (Å²) < 4.78 is 0. The Hall–Kier alpha value is 0. The molecule has 0 saturated heterocycles. The molecular formula is C19H38. The second-order valence-corrected chi connectivity index (χ2v) is 7.61. The van der Waals surface area contributed by atoms with Gasteiger partial charge in [0.25, 0.3) is 0 Å². The first-order valence-corrected chi connectivity index (χ1v) is 9.01. The second-order valence-electron chi connectivity index (χ2n) is 7.61. The van der Waals surface area contributed by atoms with Gasteiger partial charge in [-0.05, 0) is 48.3 Å². The third kappa shape index (κ3) is 4.80. The van der Waals surface area contributed by atoms with Gasteiger partial charge in [0.2, 0.25) is 0 Å². The van der Waals surface area contributed by atoms with E-state index in [1.54, 1.807) is 0 Å². The van der Waals surface area contributed by atoms with Crippen LogP contribution >= 0.6 is 0 Å². The van der Waals surface area contributed by atoms with Crippen LogP contribution in [0.1, 0.15) is 86.5 Å². The van der Waals surface area contributed by atoms with Crippen molar-refractivity contribution in [1.29, 1.82) is 0 Å². The van der Waals surface area contributed by atoms with Crippen LogP contribution in [0.5, 0.6) is 0 Å². The SMILES string of the molecule is CCCC(C)CCC1CCC(C)C(C)C1C(C)CC. The van der Waals surface area contributed by atoms with E-state index in [4.69, 9.17) is 0 Å². The van der Waals surface area contributed by atoms with Crippen molar-refractivity contribution < 1.29 is 0 Å². The standard InChI is InChI=1S/C19H38/c1-7-9-14(3)10-12-18-13-11-16(5)17(6)19(18)15(4)8-2/h14-19H,7-13H2,1-6H3. The van der Waals surface area contributed by atoms with Crippen molar-refractivity contribution in [3.05, 3.63) is 0 Å². The third-order valence-corrected chi connectivity index (χ3v) is 6.15. The Kier molecular flexibility index (Phi) is 7.47. The Morgan fingerprint density at radius 1 is 1.00 bits per heavy atom. The van der Waals surface area contributed by atoms with Crippen molar-refractivity contribution in [3.8, 4) is 0 Å². The van der Waals surface area contributed by atoms with Crippen LogP contribution < -0.4 is 0 Å². The molecular weight excluding hydrogens is 228 g/mol. The summed E-state index contributed by atoms with van der Waals surface area (Å²) in [7, 11) is 0. The van der Waals surface area contributed by atoms with Crippen molar-refractivity contribution >= 4 is 0 Å². The van der Waals surface area contributed by atoms with Gasteiger partial charge in [-0.25, -0.2) is 0 Å². The highest BCUT2D eigenvalue weighted by atomic mass is 14.4. The minimum atomic E-state index is 0.921. The molecule has 0 bridgehead atoms. The maximum atomic E-state index is 2.53.